The molecule has 0 spiro atoms. The van der Waals surface area contributed by atoms with Crippen LogP contribution in [0.15, 0.2) is 42.5 Å². The lowest BCUT2D eigenvalue weighted by Crippen LogP contribution is -2.23. The lowest BCUT2D eigenvalue weighted by molar-refractivity contribution is 0.355. The van der Waals surface area contributed by atoms with E-state index in [0.29, 0.717) is 28.3 Å². The fourth-order valence-electron chi connectivity index (χ4n) is 2.71. The predicted octanol–water partition coefficient (Wildman–Crippen LogP) is 3.44. The Bertz CT molecular complexity index is 977. The van der Waals surface area contributed by atoms with Gasteiger partial charge in [-0.25, -0.2) is 0 Å². The van der Waals surface area contributed by atoms with Crippen LogP contribution in [0.25, 0.3) is 10.9 Å². The second kappa shape index (κ2) is 6.88. The molecule has 3 rings (SSSR count). The van der Waals surface area contributed by atoms with E-state index >= 15 is 0 Å². The fraction of sp³-hybridized carbons (Fsp3) is 0.222. The van der Waals surface area contributed by atoms with Gasteiger partial charge in [-0.1, -0.05) is 30.3 Å². The van der Waals surface area contributed by atoms with Gasteiger partial charge in [0.15, 0.2) is 16.3 Å². The molecule has 2 aromatic carbocycles. The second-order valence-electron chi connectivity index (χ2n) is 5.42. The zero-order valence-electron chi connectivity index (χ0n) is 13.6. The summed E-state index contributed by atoms with van der Waals surface area (Å²) in [5, 5.41) is 9.27. The first-order valence-electron chi connectivity index (χ1n) is 7.61. The highest BCUT2D eigenvalue weighted by Crippen LogP contribution is 2.29. The van der Waals surface area contributed by atoms with Crippen molar-refractivity contribution in [1.29, 1.82) is 5.41 Å². The third kappa shape index (κ3) is 3.05. The van der Waals surface area contributed by atoms with Gasteiger partial charge in [0.25, 0.3) is 0 Å². The number of hydrogen-bond acceptors (Lipinski definition) is 4. The summed E-state index contributed by atoms with van der Waals surface area (Å²) in [5.74, 6) is 1.20. The molecule has 0 amide bonds. The minimum atomic E-state index is 0.366. The van der Waals surface area contributed by atoms with Crippen molar-refractivity contribution in [3.8, 4) is 11.5 Å². The number of benzene rings is 2. The molecule has 6 heteroatoms. The lowest BCUT2D eigenvalue weighted by Gasteiger charge is -2.13. The summed E-state index contributed by atoms with van der Waals surface area (Å²) in [4.78, 5) is 3.18. The van der Waals surface area contributed by atoms with Crippen LogP contribution in [0.5, 0.6) is 11.5 Å². The van der Waals surface area contributed by atoms with Gasteiger partial charge < -0.3 is 19.0 Å². The van der Waals surface area contributed by atoms with Gasteiger partial charge in [-0.05, 0) is 30.3 Å². The van der Waals surface area contributed by atoms with Crippen LogP contribution >= 0.6 is 12.2 Å². The second-order valence-corrected chi connectivity index (χ2v) is 5.81. The Balaban J connectivity index is 2.06. The van der Waals surface area contributed by atoms with Crippen molar-refractivity contribution < 1.29 is 9.47 Å². The zero-order valence-corrected chi connectivity index (χ0v) is 14.4. The highest BCUT2D eigenvalue weighted by molar-refractivity contribution is 7.71. The first-order valence-corrected chi connectivity index (χ1v) is 8.02. The van der Waals surface area contributed by atoms with E-state index < -0.39 is 0 Å². The van der Waals surface area contributed by atoms with Crippen molar-refractivity contribution in [1.82, 2.24) is 9.55 Å². The van der Waals surface area contributed by atoms with E-state index in [1.54, 1.807) is 24.9 Å². The predicted molar refractivity (Wildman–Crippen MR) is 96.2 cm³/mol. The molecule has 24 heavy (non-hydrogen) atoms. The van der Waals surface area contributed by atoms with Gasteiger partial charge in [0.1, 0.15) is 5.49 Å². The zero-order chi connectivity index (χ0) is 17.1. The maximum atomic E-state index is 8.53. The first-order chi connectivity index (χ1) is 11.6. The van der Waals surface area contributed by atoms with Crippen molar-refractivity contribution in [2.75, 3.05) is 14.2 Å². The Morgan fingerprint density at radius 1 is 1.08 bits per heavy atom. The Morgan fingerprint density at radius 2 is 1.75 bits per heavy atom. The minimum Gasteiger partial charge on any atom is -0.493 e. The molecule has 3 aromatic rings. The van der Waals surface area contributed by atoms with Gasteiger partial charge in [0.2, 0.25) is 0 Å². The molecule has 124 valence electrons. The number of aryl methyl sites for hydroxylation is 1. The molecule has 1 aromatic heterocycles. The molecule has 0 bridgehead atoms. The number of nitrogens with one attached hydrogen (secondary N) is 2. The van der Waals surface area contributed by atoms with E-state index in [1.807, 2.05) is 24.3 Å². The molecule has 0 saturated carbocycles. The van der Waals surface area contributed by atoms with Crippen molar-refractivity contribution in [3.63, 3.8) is 0 Å². The topological polar surface area (TPSA) is 63.0 Å². The van der Waals surface area contributed by atoms with Gasteiger partial charge in [-0.15, -0.1) is 0 Å². The van der Waals surface area contributed by atoms with Gasteiger partial charge in [-0.2, -0.15) is 0 Å². The number of aromatic amines is 1. The quantitative estimate of drug-likeness (QED) is 0.699. The third-order valence-electron chi connectivity index (χ3n) is 4.00. The molecule has 0 unspecified atom stereocenters. The maximum Gasteiger partial charge on any atom is 0.179 e. The molecular weight excluding hydrogens is 322 g/mol. The van der Waals surface area contributed by atoms with Crippen LogP contribution in [-0.4, -0.2) is 23.8 Å². The molecule has 0 aliphatic heterocycles. The standard InChI is InChI=1S/C18H19N3O2S/c1-22-15-10-13-14(11-16(15)23-2)20-18(24)21(17(13)19)9-8-12-6-4-3-5-7-12/h3-7,10-11,19H,8-9H2,1-2H3,(H,20,24). The van der Waals surface area contributed by atoms with E-state index in [4.69, 9.17) is 27.1 Å². The number of hydrogen-bond donors (Lipinski definition) is 2. The highest BCUT2D eigenvalue weighted by Gasteiger charge is 2.10. The summed E-state index contributed by atoms with van der Waals surface area (Å²) in [6.45, 7) is 0.641. The van der Waals surface area contributed by atoms with E-state index in [2.05, 4.69) is 17.1 Å². The van der Waals surface area contributed by atoms with Crippen molar-refractivity contribution in [3.05, 3.63) is 58.3 Å². The minimum absolute atomic E-state index is 0.366. The monoisotopic (exact) mass is 341 g/mol. The van der Waals surface area contributed by atoms with Crippen LogP contribution in [0.1, 0.15) is 5.56 Å². The van der Waals surface area contributed by atoms with Crippen LogP contribution in [0.3, 0.4) is 0 Å². The molecule has 0 aliphatic rings. The summed E-state index contributed by atoms with van der Waals surface area (Å²) in [5.41, 5.74) is 2.34. The maximum absolute atomic E-state index is 8.53. The van der Waals surface area contributed by atoms with Crippen LogP contribution in [-0.2, 0) is 13.0 Å². The Kier molecular flexibility index (Phi) is 4.66. The molecule has 0 radical (unpaired) electrons. The molecule has 0 aliphatic carbocycles. The lowest BCUT2D eigenvalue weighted by atomic mass is 10.1. The van der Waals surface area contributed by atoms with Gasteiger partial charge >= 0.3 is 0 Å². The smallest absolute Gasteiger partial charge is 0.179 e. The van der Waals surface area contributed by atoms with E-state index in [9.17, 15) is 0 Å². The molecule has 0 fully saturated rings. The third-order valence-corrected chi connectivity index (χ3v) is 4.32. The molecular formula is C18H19N3O2S. The summed E-state index contributed by atoms with van der Waals surface area (Å²) in [6, 6.07) is 13.8. The van der Waals surface area contributed by atoms with Gasteiger partial charge in [-0.3, -0.25) is 5.41 Å². The van der Waals surface area contributed by atoms with E-state index in [0.717, 1.165) is 17.3 Å². The number of ether oxygens (including phenoxy) is 2. The van der Waals surface area contributed by atoms with Crippen molar-refractivity contribution >= 4 is 23.1 Å². The van der Waals surface area contributed by atoms with Crippen LogP contribution in [0.4, 0.5) is 0 Å². The molecule has 0 saturated heterocycles. The fourth-order valence-corrected chi connectivity index (χ4v) is 3.00. The number of H-pyrrole nitrogens is 1. The highest BCUT2D eigenvalue weighted by atomic mass is 32.1. The summed E-state index contributed by atoms with van der Waals surface area (Å²) >= 11 is 5.44. The average molecular weight is 341 g/mol. The van der Waals surface area contributed by atoms with Crippen LogP contribution in [0.2, 0.25) is 0 Å². The van der Waals surface area contributed by atoms with Gasteiger partial charge in [0.05, 0.1) is 19.7 Å². The van der Waals surface area contributed by atoms with Crippen LogP contribution in [0, 0.1) is 10.2 Å². The SMILES string of the molecule is COc1cc2[nH]c(=S)n(CCc3ccccc3)c(=N)c2cc1OC. The van der Waals surface area contributed by atoms with Crippen molar-refractivity contribution in [2.45, 2.75) is 13.0 Å². The molecule has 5 nitrogen and oxygen atoms in total. The average Bonchev–Trinajstić information content (AvgIpc) is 2.61. The van der Waals surface area contributed by atoms with E-state index in [1.165, 1.54) is 5.56 Å². The summed E-state index contributed by atoms with van der Waals surface area (Å²) < 4.78 is 13.0. The number of aromatic nitrogens is 2. The largest absolute Gasteiger partial charge is 0.493 e. The van der Waals surface area contributed by atoms with Gasteiger partial charge in [0, 0.05) is 18.0 Å². The molecule has 0 atom stereocenters. The van der Waals surface area contributed by atoms with Crippen molar-refractivity contribution in [2.24, 2.45) is 0 Å². The Hall–Kier alpha value is -2.60. The number of fused-ring (bicyclic) bond motifs is 1. The number of nitrogens with zero attached hydrogens (tertiary/aromatic N) is 1. The summed E-state index contributed by atoms with van der Waals surface area (Å²) in [6.07, 6.45) is 0.813. The first kappa shape index (κ1) is 16.3. The molecule has 2 N–H and O–H groups in total. The summed E-state index contributed by atoms with van der Waals surface area (Å²) in [7, 11) is 3.17. The van der Waals surface area contributed by atoms with Crippen LogP contribution < -0.4 is 15.0 Å². The Labute approximate surface area is 145 Å². The Morgan fingerprint density at radius 3 is 2.42 bits per heavy atom. The van der Waals surface area contributed by atoms with E-state index in [-0.39, 0.29) is 0 Å². The molecule has 1 heterocycles. The number of rotatable bonds is 5. The number of methoxy groups -OCH3 is 2. The normalized spacial score (nSPS) is 10.8.